The molecule has 3 rings (SSSR count). The molecule has 1 aromatic rings. The molecule has 0 saturated carbocycles. The van der Waals surface area contributed by atoms with Gasteiger partial charge in [-0.15, -0.1) is 0 Å². The third-order valence-electron chi connectivity index (χ3n) is 4.37. The van der Waals surface area contributed by atoms with Gasteiger partial charge >= 0.3 is 6.18 Å². The zero-order valence-corrected chi connectivity index (χ0v) is 11.5. The number of benzene rings is 1. The van der Waals surface area contributed by atoms with E-state index in [1.807, 2.05) is 11.0 Å². The van der Waals surface area contributed by atoms with Gasteiger partial charge in [0, 0.05) is 25.7 Å². The van der Waals surface area contributed by atoms with Gasteiger partial charge in [-0.1, -0.05) is 0 Å². The molecule has 0 aliphatic carbocycles. The number of nitriles is 1. The lowest BCUT2D eigenvalue weighted by molar-refractivity contribution is -0.137. The minimum atomic E-state index is -4.41. The molecule has 6 heteroatoms. The number of rotatable bonds is 1. The Kier molecular flexibility index (Phi) is 3.54. The van der Waals surface area contributed by atoms with Gasteiger partial charge in [0.25, 0.3) is 0 Å². The Balaban J connectivity index is 1.87. The van der Waals surface area contributed by atoms with Crippen molar-refractivity contribution < 1.29 is 13.2 Å². The van der Waals surface area contributed by atoms with Crippen LogP contribution in [-0.4, -0.2) is 37.1 Å². The quantitative estimate of drug-likeness (QED) is 0.798. The molecule has 2 aliphatic heterocycles. The van der Waals surface area contributed by atoms with Crippen LogP contribution in [0.4, 0.5) is 18.9 Å². The van der Waals surface area contributed by atoms with Gasteiger partial charge in [0.1, 0.15) is 6.07 Å². The van der Waals surface area contributed by atoms with Gasteiger partial charge in [0.15, 0.2) is 0 Å². The largest absolute Gasteiger partial charge is 0.416 e. The van der Waals surface area contributed by atoms with Crippen LogP contribution in [0.3, 0.4) is 0 Å². The van der Waals surface area contributed by atoms with E-state index in [2.05, 4.69) is 4.90 Å². The normalized spacial score (nSPS) is 23.0. The fourth-order valence-electron chi connectivity index (χ4n) is 3.29. The monoisotopic (exact) mass is 295 g/mol. The molecule has 0 aromatic heterocycles. The maximum absolute atomic E-state index is 12.7. The average molecular weight is 295 g/mol. The molecule has 2 heterocycles. The molecule has 2 fully saturated rings. The number of piperazine rings is 1. The number of alkyl halides is 3. The van der Waals surface area contributed by atoms with Crippen molar-refractivity contribution in [1.82, 2.24) is 4.90 Å². The van der Waals surface area contributed by atoms with Crippen LogP contribution in [0.25, 0.3) is 0 Å². The molecule has 0 N–H and O–H groups in total. The van der Waals surface area contributed by atoms with Crippen LogP contribution in [0.5, 0.6) is 0 Å². The molecular weight excluding hydrogens is 279 g/mol. The van der Waals surface area contributed by atoms with Crippen LogP contribution >= 0.6 is 0 Å². The fourth-order valence-corrected chi connectivity index (χ4v) is 3.29. The smallest absolute Gasteiger partial charge is 0.368 e. The standard InChI is InChI=1S/C15H16F3N3/c16-15(17,18)12-3-4-14(11(8-12)9-19)21-7-6-20-5-1-2-13(20)10-21/h3-4,8,13H,1-2,5-7,10H2. The van der Waals surface area contributed by atoms with Gasteiger partial charge in [0.2, 0.25) is 0 Å². The summed E-state index contributed by atoms with van der Waals surface area (Å²) in [6.45, 7) is 3.57. The number of hydrogen-bond acceptors (Lipinski definition) is 3. The first-order chi connectivity index (χ1) is 9.99. The van der Waals surface area contributed by atoms with E-state index in [-0.39, 0.29) is 5.56 Å². The van der Waals surface area contributed by atoms with E-state index in [0.717, 1.165) is 44.7 Å². The van der Waals surface area contributed by atoms with E-state index in [4.69, 9.17) is 0 Å². The topological polar surface area (TPSA) is 30.3 Å². The highest BCUT2D eigenvalue weighted by Crippen LogP contribution is 2.34. The summed E-state index contributed by atoms with van der Waals surface area (Å²) in [5, 5.41) is 9.17. The van der Waals surface area contributed by atoms with Crippen LogP contribution < -0.4 is 4.90 Å². The van der Waals surface area contributed by atoms with Crippen LogP contribution in [0, 0.1) is 11.3 Å². The molecule has 3 nitrogen and oxygen atoms in total. The maximum Gasteiger partial charge on any atom is 0.416 e. The predicted molar refractivity (Wildman–Crippen MR) is 73.0 cm³/mol. The zero-order chi connectivity index (χ0) is 15.0. The summed E-state index contributed by atoms with van der Waals surface area (Å²) in [6, 6.07) is 5.83. The van der Waals surface area contributed by atoms with Gasteiger partial charge < -0.3 is 4.90 Å². The summed E-state index contributed by atoms with van der Waals surface area (Å²) < 4.78 is 38.2. The molecule has 0 radical (unpaired) electrons. The Morgan fingerprint density at radius 1 is 1.19 bits per heavy atom. The number of hydrogen-bond donors (Lipinski definition) is 0. The number of anilines is 1. The molecule has 1 atom stereocenters. The number of nitrogens with zero attached hydrogens (tertiary/aromatic N) is 3. The maximum atomic E-state index is 12.7. The first kappa shape index (κ1) is 14.2. The number of halogens is 3. The van der Waals surface area contributed by atoms with Crippen molar-refractivity contribution in [3.63, 3.8) is 0 Å². The van der Waals surface area contributed by atoms with Gasteiger partial charge in [0.05, 0.1) is 16.8 Å². The summed E-state index contributed by atoms with van der Waals surface area (Å²) in [5.74, 6) is 0. The van der Waals surface area contributed by atoms with Gasteiger partial charge in [-0.3, -0.25) is 4.90 Å². The summed E-state index contributed by atoms with van der Waals surface area (Å²) in [7, 11) is 0. The minimum Gasteiger partial charge on any atom is -0.368 e. The third-order valence-corrected chi connectivity index (χ3v) is 4.37. The van der Waals surface area contributed by atoms with E-state index >= 15 is 0 Å². The van der Waals surface area contributed by atoms with Gasteiger partial charge in [-0.2, -0.15) is 18.4 Å². The van der Waals surface area contributed by atoms with Crippen molar-refractivity contribution in [2.24, 2.45) is 0 Å². The molecule has 0 amide bonds. The van der Waals surface area contributed by atoms with Crippen molar-refractivity contribution in [3.05, 3.63) is 29.3 Å². The highest BCUT2D eigenvalue weighted by molar-refractivity contribution is 5.61. The van der Waals surface area contributed by atoms with E-state index in [1.165, 1.54) is 12.5 Å². The van der Waals surface area contributed by atoms with E-state index < -0.39 is 11.7 Å². The minimum absolute atomic E-state index is 0.108. The molecule has 1 unspecified atom stereocenters. The molecule has 2 saturated heterocycles. The lowest BCUT2D eigenvalue weighted by Gasteiger charge is -2.39. The average Bonchev–Trinajstić information content (AvgIpc) is 2.93. The summed E-state index contributed by atoms with van der Waals surface area (Å²) in [6.07, 6.45) is -2.11. The van der Waals surface area contributed by atoms with E-state index in [9.17, 15) is 18.4 Å². The van der Waals surface area contributed by atoms with Crippen LogP contribution in [0.1, 0.15) is 24.0 Å². The molecule has 0 bridgehead atoms. The van der Waals surface area contributed by atoms with Crippen LogP contribution in [0.15, 0.2) is 18.2 Å². The third kappa shape index (κ3) is 2.70. The molecular formula is C15H16F3N3. The van der Waals surface area contributed by atoms with Crippen molar-refractivity contribution in [3.8, 4) is 6.07 Å². The van der Waals surface area contributed by atoms with Crippen LogP contribution in [0.2, 0.25) is 0 Å². The Labute approximate surface area is 121 Å². The van der Waals surface area contributed by atoms with Crippen molar-refractivity contribution in [2.75, 3.05) is 31.1 Å². The van der Waals surface area contributed by atoms with Crippen molar-refractivity contribution in [2.45, 2.75) is 25.1 Å². The molecule has 0 spiro atoms. The Morgan fingerprint density at radius 3 is 2.71 bits per heavy atom. The van der Waals surface area contributed by atoms with E-state index in [0.29, 0.717) is 11.7 Å². The second kappa shape index (κ2) is 5.23. The SMILES string of the molecule is N#Cc1cc(C(F)(F)F)ccc1N1CCN2CCCC2C1. The molecule has 21 heavy (non-hydrogen) atoms. The van der Waals surface area contributed by atoms with Crippen LogP contribution in [-0.2, 0) is 6.18 Å². The molecule has 1 aromatic carbocycles. The van der Waals surface area contributed by atoms with Gasteiger partial charge in [-0.05, 0) is 37.6 Å². The first-order valence-corrected chi connectivity index (χ1v) is 7.09. The number of fused-ring (bicyclic) bond motifs is 1. The Bertz CT molecular complexity index is 577. The first-order valence-electron chi connectivity index (χ1n) is 7.09. The lowest BCUT2D eigenvalue weighted by atomic mass is 10.1. The van der Waals surface area contributed by atoms with Gasteiger partial charge in [-0.25, -0.2) is 0 Å². The highest BCUT2D eigenvalue weighted by Gasteiger charge is 2.34. The molecule has 2 aliphatic rings. The Hall–Kier alpha value is -1.74. The Morgan fingerprint density at radius 2 is 2.00 bits per heavy atom. The second-order valence-electron chi connectivity index (χ2n) is 5.62. The summed E-state index contributed by atoms with van der Waals surface area (Å²) in [5.41, 5.74) is -0.0318. The zero-order valence-electron chi connectivity index (χ0n) is 11.5. The fraction of sp³-hybridized carbons (Fsp3) is 0.533. The lowest BCUT2D eigenvalue weighted by Crippen LogP contribution is -2.50. The van der Waals surface area contributed by atoms with Crippen molar-refractivity contribution in [1.29, 1.82) is 5.26 Å². The summed E-state index contributed by atoms with van der Waals surface area (Å²) in [4.78, 5) is 4.47. The highest BCUT2D eigenvalue weighted by atomic mass is 19.4. The van der Waals surface area contributed by atoms with Crippen molar-refractivity contribution >= 4 is 5.69 Å². The second-order valence-corrected chi connectivity index (χ2v) is 5.62. The predicted octanol–water partition coefficient (Wildman–Crippen LogP) is 2.86. The summed E-state index contributed by atoms with van der Waals surface area (Å²) >= 11 is 0. The molecule has 112 valence electrons. The van der Waals surface area contributed by atoms with E-state index in [1.54, 1.807) is 0 Å².